The highest BCUT2D eigenvalue weighted by molar-refractivity contribution is 7.16. The fraction of sp³-hybridized carbons (Fsp3) is 0.412. The third kappa shape index (κ3) is 2.83. The quantitative estimate of drug-likeness (QED) is 0.793. The third-order valence-corrected chi connectivity index (χ3v) is 5.36. The normalized spacial score (nSPS) is 19.2. The van der Waals surface area contributed by atoms with Crippen molar-refractivity contribution in [2.45, 2.75) is 26.4 Å². The van der Waals surface area contributed by atoms with Crippen LogP contribution in [-0.2, 0) is 6.54 Å². The molecule has 1 aromatic carbocycles. The Morgan fingerprint density at radius 3 is 3.08 bits per heavy atom. The summed E-state index contributed by atoms with van der Waals surface area (Å²) in [6.07, 6.45) is 0. The molecule has 4 rings (SSSR count). The van der Waals surface area contributed by atoms with Crippen molar-refractivity contribution in [3.63, 3.8) is 0 Å². The Hall–Kier alpha value is -1.83. The topological polar surface area (TPSA) is 45.5 Å². The lowest BCUT2D eigenvalue weighted by Crippen LogP contribution is -2.45. The van der Waals surface area contributed by atoms with Crippen molar-refractivity contribution in [1.82, 2.24) is 24.8 Å². The number of fused-ring (bicyclic) bond motifs is 1. The zero-order valence-electron chi connectivity index (χ0n) is 13.8. The lowest BCUT2D eigenvalue weighted by molar-refractivity contribution is 0.150. The molecule has 1 atom stereocenters. The van der Waals surface area contributed by atoms with Crippen molar-refractivity contribution in [3.8, 4) is 0 Å². The number of piperazine rings is 1. The molecule has 1 aliphatic rings. The molecule has 1 aliphatic heterocycles. The molecule has 7 heteroatoms. The molecule has 1 N–H and O–H groups in total. The van der Waals surface area contributed by atoms with E-state index in [0.29, 0.717) is 0 Å². The summed E-state index contributed by atoms with van der Waals surface area (Å²) in [6.45, 7) is 7.46. The van der Waals surface area contributed by atoms with E-state index < -0.39 is 0 Å². The van der Waals surface area contributed by atoms with Crippen molar-refractivity contribution in [2.24, 2.45) is 0 Å². The fourth-order valence-electron chi connectivity index (χ4n) is 3.34. The first-order chi connectivity index (χ1) is 11.6. The standard InChI is InChI=1S/C17H20FN5S/c1-11-16(23-17(20-11)24-12(2)21-23)10-22-7-6-19-9-15(22)13-4-3-5-14(18)8-13/h3-5,8,15,19H,6-7,9-10H2,1-2H3. The fourth-order valence-corrected chi connectivity index (χ4v) is 4.15. The van der Waals surface area contributed by atoms with Crippen LogP contribution in [0.1, 0.15) is 28.0 Å². The molecule has 126 valence electrons. The number of rotatable bonds is 3. The van der Waals surface area contributed by atoms with Gasteiger partial charge in [-0.1, -0.05) is 23.5 Å². The largest absolute Gasteiger partial charge is 0.314 e. The van der Waals surface area contributed by atoms with Crippen molar-refractivity contribution in [2.75, 3.05) is 19.6 Å². The average Bonchev–Trinajstić information content (AvgIpc) is 3.05. The van der Waals surface area contributed by atoms with Crippen LogP contribution < -0.4 is 5.32 Å². The second-order valence-electron chi connectivity index (χ2n) is 6.20. The molecule has 0 saturated carbocycles. The van der Waals surface area contributed by atoms with Gasteiger partial charge in [0.15, 0.2) is 0 Å². The monoisotopic (exact) mass is 345 g/mol. The van der Waals surface area contributed by atoms with E-state index in [9.17, 15) is 4.39 Å². The summed E-state index contributed by atoms with van der Waals surface area (Å²) in [4.78, 5) is 7.96. The van der Waals surface area contributed by atoms with E-state index in [1.54, 1.807) is 23.5 Å². The van der Waals surface area contributed by atoms with Crippen LogP contribution >= 0.6 is 11.3 Å². The van der Waals surface area contributed by atoms with Gasteiger partial charge < -0.3 is 5.32 Å². The predicted octanol–water partition coefficient (Wildman–Crippen LogP) is 2.69. The first-order valence-corrected chi connectivity index (χ1v) is 8.95. The molecule has 0 amide bonds. The summed E-state index contributed by atoms with van der Waals surface area (Å²) in [6, 6.07) is 7.06. The lowest BCUT2D eigenvalue weighted by Gasteiger charge is -2.36. The minimum atomic E-state index is -0.184. The van der Waals surface area contributed by atoms with Crippen molar-refractivity contribution < 1.29 is 4.39 Å². The molecule has 0 radical (unpaired) electrons. The van der Waals surface area contributed by atoms with Crippen LogP contribution in [0.2, 0.25) is 0 Å². The number of nitrogens with zero attached hydrogens (tertiary/aromatic N) is 4. The van der Waals surface area contributed by atoms with Crippen LogP contribution in [0.25, 0.3) is 4.96 Å². The van der Waals surface area contributed by atoms with E-state index in [-0.39, 0.29) is 11.9 Å². The van der Waals surface area contributed by atoms with Gasteiger partial charge in [-0.05, 0) is 31.5 Å². The van der Waals surface area contributed by atoms with Gasteiger partial charge in [0.25, 0.3) is 0 Å². The molecule has 2 aromatic heterocycles. The van der Waals surface area contributed by atoms with Gasteiger partial charge >= 0.3 is 0 Å². The van der Waals surface area contributed by atoms with E-state index >= 15 is 0 Å². The lowest BCUT2D eigenvalue weighted by atomic mass is 10.0. The molecule has 0 aliphatic carbocycles. The highest BCUT2D eigenvalue weighted by Crippen LogP contribution is 2.26. The minimum absolute atomic E-state index is 0.152. The van der Waals surface area contributed by atoms with Gasteiger partial charge in [-0.2, -0.15) is 5.10 Å². The van der Waals surface area contributed by atoms with Gasteiger partial charge in [-0.3, -0.25) is 4.90 Å². The second-order valence-corrected chi connectivity index (χ2v) is 7.36. The van der Waals surface area contributed by atoms with Crippen LogP contribution in [0.4, 0.5) is 4.39 Å². The van der Waals surface area contributed by atoms with Gasteiger partial charge in [0.05, 0.1) is 11.4 Å². The average molecular weight is 345 g/mol. The summed E-state index contributed by atoms with van der Waals surface area (Å²) < 4.78 is 15.6. The first kappa shape index (κ1) is 15.7. The summed E-state index contributed by atoms with van der Waals surface area (Å²) in [5.74, 6) is -0.184. The highest BCUT2D eigenvalue weighted by atomic mass is 32.1. The third-order valence-electron chi connectivity index (χ3n) is 4.54. The maximum Gasteiger partial charge on any atom is 0.212 e. The van der Waals surface area contributed by atoms with Crippen molar-refractivity contribution in [3.05, 3.63) is 52.0 Å². The molecule has 3 aromatic rings. The Bertz CT molecular complexity index is 871. The SMILES string of the molecule is Cc1nn2c(CN3CCNCC3c3cccc(F)c3)c(C)nc2s1. The van der Waals surface area contributed by atoms with E-state index in [4.69, 9.17) is 0 Å². The number of aryl methyl sites for hydroxylation is 2. The summed E-state index contributed by atoms with van der Waals surface area (Å²) in [7, 11) is 0. The number of halogens is 1. The summed E-state index contributed by atoms with van der Waals surface area (Å²) >= 11 is 1.61. The number of nitrogens with one attached hydrogen (secondary N) is 1. The maximum absolute atomic E-state index is 13.6. The van der Waals surface area contributed by atoms with Crippen molar-refractivity contribution in [1.29, 1.82) is 0 Å². The molecule has 1 saturated heterocycles. The number of hydrogen-bond donors (Lipinski definition) is 1. The van der Waals surface area contributed by atoms with Crippen LogP contribution in [0.3, 0.4) is 0 Å². The molecular formula is C17H20FN5S. The van der Waals surface area contributed by atoms with E-state index in [2.05, 4.69) is 20.3 Å². The molecule has 3 heterocycles. The summed E-state index contributed by atoms with van der Waals surface area (Å²) in [5, 5.41) is 9.01. The van der Waals surface area contributed by atoms with Gasteiger partial charge in [0.1, 0.15) is 10.8 Å². The van der Waals surface area contributed by atoms with E-state index in [1.807, 2.05) is 24.4 Å². The number of imidazole rings is 1. The van der Waals surface area contributed by atoms with Gasteiger partial charge in [-0.25, -0.2) is 13.9 Å². The Morgan fingerprint density at radius 2 is 2.25 bits per heavy atom. The number of hydrogen-bond acceptors (Lipinski definition) is 5. The van der Waals surface area contributed by atoms with Gasteiger partial charge in [0.2, 0.25) is 4.96 Å². The second kappa shape index (κ2) is 6.23. The Balaban J connectivity index is 1.66. The van der Waals surface area contributed by atoms with E-state index in [0.717, 1.165) is 53.1 Å². The smallest absolute Gasteiger partial charge is 0.212 e. The van der Waals surface area contributed by atoms with Crippen molar-refractivity contribution >= 4 is 16.3 Å². The van der Waals surface area contributed by atoms with Crippen LogP contribution in [0, 0.1) is 19.7 Å². The van der Waals surface area contributed by atoms with Gasteiger partial charge in [-0.15, -0.1) is 0 Å². The molecule has 1 unspecified atom stereocenters. The molecule has 5 nitrogen and oxygen atoms in total. The predicted molar refractivity (Wildman–Crippen MR) is 92.8 cm³/mol. The maximum atomic E-state index is 13.6. The Morgan fingerprint density at radius 1 is 1.38 bits per heavy atom. The molecule has 0 spiro atoms. The molecule has 0 bridgehead atoms. The molecular weight excluding hydrogens is 325 g/mol. The minimum Gasteiger partial charge on any atom is -0.314 e. The van der Waals surface area contributed by atoms with Crippen LogP contribution in [0.15, 0.2) is 24.3 Å². The Labute approximate surface area is 144 Å². The Kier molecular flexibility index (Phi) is 4.07. The zero-order chi connectivity index (χ0) is 16.7. The molecule has 24 heavy (non-hydrogen) atoms. The highest BCUT2D eigenvalue weighted by Gasteiger charge is 2.26. The van der Waals surface area contributed by atoms with Crippen LogP contribution in [0.5, 0.6) is 0 Å². The van der Waals surface area contributed by atoms with Gasteiger partial charge in [0, 0.05) is 32.2 Å². The number of aromatic nitrogens is 3. The summed E-state index contributed by atoms with van der Waals surface area (Å²) in [5.41, 5.74) is 3.15. The zero-order valence-corrected chi connectivity index (χ0v) is 14.6. The molecule has 1 fully saturated rings. The van der Waals surface area contributed by atoms with Crippen LogP contribution in [-0.4, -0.2) is 39.1 Å². The number of benzene rings is 1. The first-order valence-electron chi connectivity index (χ1n) is 8.13. The van der Waals surface area contributed by atoms with E-state index in [1.165, 1.54) is 6.07 Å².